The number of hydrogen-bond acceptors (Lipinski definition) is 4. The SMILES string of the molecule is c1ccc(-c2nc(-c3ccccc3)c3c(n2)oc2ccc(-c4ccc5c(c4)sc4ccccc45)cc23)cc1. The fourth-order valence-corrected chi connectivity index (χ4v) is 6.43. The average Bonchev–Trinajstić information content (AvgIpc) is 3.55. The van der Waals surface area contributed by atoms with Crippen molar-refractivity contribution in [2.45, 2.75) is 0 Å². The Morgan fingerprint density at radius 3 is 2.03 bits per heavy atom. The van der Waals surface area contributed by atoms with Gasteiger partial charge in [0.1, 0.15) is 5.58 Å². The van der Waals surface area contributed by atoms with Gasteiger partial charge in [-0.25, -0.2) is 4.98 Å². The molecule has 3 aromatic heterocycles. The number of fused-ring (bicyclic) bond motifs is 6. The summed E-state index contributed by atoms with van der Waals surface area (Å²) in [4.78, 5) is 9.92. The van der Waals surface area contributed by atoms with E-state index in [1.54, 1.807) is 0 Å². The van der Waals surface area contributed by atoms with Gasteiger partial charge in [0.25, 0.3) is 0 Å². The Labute approximate surface area is 222 Å². The van der Waals surface area contributed by atoms with Crippen LogP contribution < -0.4 is 0 Å². The van der Waals surface area contributed by atoms with Crippen LogP contribution in [0.1, 0.15) is 0 Å². The van der Waals surface area contributed by atoms with E-state index in [9.17, 15) is 0 Å². The molecule has 0 unspecified atom stereocenters. The predicted molar refractivity (Wildman–Crippen MR) is 159 cm³/mol. The first-order chi connectivity index (χ1) is 18.8. The maximum atomic E-state index is 6.33. The number of hydrogen-bond donors (Lipinski definition) is 0. The van der Waals surface area contributed by atoms with Crippen LogP contribution in [0.25, 0.3) is 76.0 Å². The first kappa shape index (κ1) is 21.3. The van der Waals surface area contributed by atoms with Gasteiger partial charge in [0.05, 0.1) is 11.1 Å². The zero-order valence-electron chi connectivity index (χ0n) is 20.3. The lowest BCUT2D eigenvalue weighted by atomic mass is 10.00. The summed E-state index contributed by atoms with van der Waals surface area (Å²) in [5.74, 6) is 0.659. The second-order valence-corrected chi connectivity index (χ2v) is 10.5. The van der Waals surface area contributed by atoms with E-state index in [0.717, 1.165) is 38.7 Å². The minimum Gasteiger partial charge on any atom is -0.438 e. The monoisotopic (exact) mass is 504 g/mol. The molecule has 0 aliphatic heterocycles. The highest BCUT2D eigenvalue weighted by molar-refractivity contribution is 7.25. The Hall–Kier alpha value is -4.80. The van der Waals surface area contributed by atoms with Crippen molar-refractivity contribution in [1.29, 1.82) is 0 Å². The van der Waals surface area contributed by atoms with E-state index in [0.29, 0.717) is 11.5 Å². The van der Waals surface area contributed by atoms with Crippen LogP contribution in [0.5, 0.6) is 0 Å². The molecule has 3 nitrogen and oxygen atoms in total. The predicted octanol–water partition coefficient (Wildman–Crippen LogP) is 9.74. The first-order valence-electron chi connectivity index (χ1n) is 12.6. The van der Waals surface area contributed by atoms with Gasteiger partial charge in [0.15, 0.2) is 5.82 Å². The second kappa shape index (κ2) is 8.37. The van der Waals surface area contributed by atoms with Gasteiger partial charge >= 0.3 is 0 Å². The van der Waals surface area contributed by atoms with Crippen LogP contribution in [0.3, 0.4) is 0 Å². The highest BCUT2D eigenvalue weighted by Gasteiger charge is 2.19. The highest BCUT2D eigenvalue weighted by atomic mass is 32.1. The number of aromatic nitrogens is 2. The largest absolute Gasteiger partial charge is 0.438 e. The molecule has 0 saturated heterocycles. The minimum absolute atomic E-state index is 0.602. The van der Waals surface area contributed by atoms with Crippen molar-refractivity contribution >= 4 is 53.6 Å². The Balaban J connectivity index is 1.36. The average molecular weight is 505 g/mol. The normalized spacial score (nSPS) is 11.7. The third-order valence-corrected chi connectivity index (χ3v) is 8.26. The summed E-state index contributed by atoms with van der Waals surface area (Å²) in [5.41, 5.74) is 6.62. The smallest absolute Gasteiger partial charge is 0.231 e. The summed E-state index contributed by atoms with van der Waals surface area (Å²) in [6, 6.07) is 42.1. The van der Waals surface area contributed by atoms with Gasteiger partial charge in [-0.15, -0.1) is 11.3 Å². The molecular formula is C34H20N2OS. The van der Waals surface area contributed by atoms with Gasteiger partial charge in [-0.1, -0.05) is 97.1 Å². The molecule has 0 N–H and O–H groups in total. The zero-order valence-corrected chi connectivity index (χ0v) is 21.1. The fraction of sp³-hybridized carbons (Fsp3) is 0. The number of thiophene rings is 1. The molecule has 0 aliphatic carbocycles. The topological polar surface area (TPSA) is 38.9 Å². The van der Waals surface area contributed by atoms with Crippen LogP contribution in [0.4, 0.5) is 0 Å². The lowest BCUT2D eigenvalue weighted by Gasteiger charge is -2.07. The Morgan fingerprint density at radius 1 is 0.500 bits per heavy atom. The van der Waals surface area contributed by atoms with Gasteiger partial charge in [-0.3, -0.25) is 0 Å². The first-order valence-corrected chi connectivity index (χ1v) is 13.4. The van der Waals surface area contributed by atoms with Crippen LogP contribution in [-0.4, -0.2) is 9.97 Å². The highest BCUT2D eigenvalue weighted by Crippen LogP contribution is 2.40. The van der Waals surface area contributed by atoms with Crippen molar-refractivity contribution in [2.75, 3.05) is 0 Å². The van der Waals surface area contributed by atoms with Crippen molar-refractivity contribution in [3.63, 3.8) is 0 Å². The van der Waals surface area contributed by atoms with E-state index in [1.165, 1.54) is 25.7 Å². The number of nitrogens with zero attached hydrogens (tertiary/aromatic N) is 2. The van der Waals surface area contributed by atoms with E-state index in [1.807, 2.05) is 59.9 Å². The molecule has 0 bridgehead atoms. The van der Waals surface area contributed by atoms with Crippen molar-refractivity contribution in [2.24, 2.45) is 0 Å². The number of furan rings is 1. The molecule has 0 radical (unpaired) electrons. The summed E-state index contributed by atoms with van der Waals surface area (Å²) < 4.78 is 8.94. The van der Waals surface area contributed by atoms with E-state index < -0.39 is 0 Å². The number of rotatable bonds is 3. The summed E-state index contributed by atoms with van der Waals surface area (Å²) in [6.07, 6.45) is 0. The van der Waals surface area contributed by atoms with Crippen molar-refractivity contribution < 1.29 is 4.42 Å². The second-order valence-electron chi connectivity index (χ2n) is 9.43. The molecule has 8 aromatic rings. The van der Waals surface area contributed by atoms with Gasteiger partial charge in [-0.2, -0.15) is 4.98 Å². The molecule has 0 amide bonds. The number of benzene rings is 5. The zero-order chi connectivity index (χ0) is 25.1. The molecule has 8 rings (SSSR count). The van der Waals surface area contributed by atoms with Crippen LogP contribution >= 0.6 is 11.3 Å². The van der Waals surface area contributed by atoms with Gasteiger partial charge in [-0.05, 0) is 35.4 Å². The lowest BCUT2D eigenvalue weighted by molar-refractivity contribution is 0.653. The summed E-state index contributed by atoms with van der Waals surface area (Å²) >= 11 is 1.84. The fourth-order valence-electron chi connectivity index (χ4n) is 5.28. The van der Waals surface area contributed by atoms with Crippen molar-refractivity contribution in [3.8, 4) is 33.8 Å². The van der Waals surface area contributed by atoms with E-state index in [2.05, 4.69) is 72.8 Å². The molecule has 0 atom stereocenters. The molecule has 4 heteroatoms. The van der Waals surface area contributed by atoms with Gasteiger partial charge in [0, 0.05) is 36.7 Å². The van der Waals surface area contributed by atoms with E-state index in [-0.39, 0.29) is 0 Å². The Kier molecular flexibility index (Phi) is 4.69. The van der Waals surface area contributed by atoms with Crippen LogP contribution in [-0.2, 0) is 0 Å². The Morgan fingerprint density at radius 2 is 1.18 bits per heavy atom. The third kappa shape index (κ3) is 3.35. The molecule has 3 heterocycles. The summed E-state index contributed by atoms with van der Waals surface area (Å²) in [5, 5.41) is 4.58. The summed E-state index contributed by atoms with van der Waals surface area (Å²) in [6.45, 7) is 0. The molecular weight excluding hydrogens is 484 g/mol. The molecule has 0 fully saturated rings. The van der Waals surface area contributed by atoms with E-state index >= 15 is 0 Å². The maximum absolute atomic E-state index is 6.33. The van der Waals surface area contributed by atoms with Crippen molar-refractivity contribution in [1.82, 2.24) is 9.97 Å². The summed E-state index contributed by atoms with van der Waals surface area (Å²) in [7, 11) is 0. The molecule has 0 saturated carbocycles. The molecule has 5 aromatic carbocycles. The quantitative estimate of drug-likeness (QED) is 0.240. The van der Waals surface area contributed by atoms with Gasteiger partial charge < -0.3 is 4.42 Å². The lowest BCUT2D eigenvalue weighted by Crippen LogP contribution is -1.93. The molecule has 0 spiro atoms. The van der Waals surface area contributed by atoms with Crippen LogP contribution in [0.15, 0.2) is 126 Å². The van der Waals surface area contributed by atoms with Crippen LogP contribution in [0.2, 0.25) is 0 Å². The minimum atomic E-state index is 0.602. The van der Waals surface area contributed by atoms with E-state index in [4.69, 9.17) is 14.4 Å². The van der Waals surface area contributed by atoms with Gasteiger partial charge in [0.2, 0.25) is 5.71 Å². The molecule has 178 valence electrons. The van der Waals surface area contributed by atoms with Crippen LogP contribution in [0, 0.1) is 0 Å². The maximum Gasteiger partial charge on any atom is 0.231 e. The molecule has 0 aliphatic rings. The third-order valence-electron chi connectivity index (χ3n) is 7.12. The molecule has 38 heavy (non-hydrogen) atoms. The standard InChI is InChI=1S/C34H20N2OS/c1-3-9-21(10-4-1)32-31-27-19-23(24-15-17-26-25-13-7-8-14-29(25)38-30(26)20-24)16-18-28(27)37-34(31)36-33(35-32)22-11-5-2-6-12-22/h1-20H. The Bertz CT molecular complexity index is 2130. The van der Waals surface area contributed by atoms with Crippen molar-refractivity contribution in [3.05, 3.63) is 121 Å².